The Morgan fingerprint density at radius 2 is 1.09 bits per heavy atom. The molecule has 46 heavy (non-hydrogen) atoms. The summed E-state index contributed by atoms with van der Waals surface area (Å²) in [7, 11) is 0. The largest absolute Gasteiger partial charge is 0.459 e. The predicted molar refractivity (Wildman–Crippen MR) is 183 cm³/mol. The number of alkyl halides is 2. The zero-order valence-electron chi connectivity index (χ0n) is 28.5. The highest BCUT2D eigenvalue weighted by molar-refractivity contribution is 6.18. The molecule has 2 aromatic carbocycles. The van der Waals surface area contributed by atoms with E-state index in [1.54, 1.807) is 25.7 Å². The van der Waals surface area contributed by atoms with Crippen molar-refractivity contribution in [2.45, 2.75) is 79.7 Å². The van der Waals surface area contributed by atoms with Gasteiger partial charge in [0, 0.05) is 43.2 Å². The minimum absolute atomic E-state index is 0.0113. The number of nitrogens with zero attached hydrogens (tertiary/aromatic N) is 4. The molecule has 2 N–H and O–H groups in total. The van der Waals surface area contributed by atoms with Crippen LogP contribution in [0.4, 0.5) is 4.39 Å². The molecule has 3 rings (SSSR count). The van der Waals surface area contributed by atoms with Crippen LogP contribution in [0.3, 0.4) is 0 Å². The van der Waals surface area contributed by atoms with Gasteiger partial charge in [0.25, 0.3) is 0 Å². The van der Waals surface area contributed by atoms with Crippen molar-refractivity contribution in [2.75, 3.05) is 38.7 Å². The van der Waals surface area contributed by atoms with Gasteiger partial charge in [-0.3, -0.25) is 30.2 Å². The maximum Gasteiger partial charge on any atom is 0.320 e. The summed E-state index contributed by atoms with van der Waals surface area (Å²) < 4.78 is 23.9. The molecule has 1 heterocycles. The maximum absolute atomic E-state index is 13.1. The molecule has 0 saturated carbocycles. The summed E-state index contributed by atoms with van der Waals surface area (Å²) in [6.07, 6.45) is 0. The third-order valence-corrected chi connectivity index (χ3v) is 6.33. The second-order valence-electron chi connectivity index (χ2n) is 12.5. The first-order valence-corrected chi connectivity index (χ1v) is 16.1. The molecule has 0 atom stereocenters. The minimum Gasteiger partial charge on any atom is -0.459 e. The second-order valence-corrected chi connectivity index (χ2v) is 12.9. The molecule has 0 radical (unpaired) electrons. The fourth-order valence-corrected chi connectivity index (χ4v) is 4.60. The van der Waals surface area contributed by atoms with E-state index in [2.05, 4.69) is 21.1 Å². The highest BCUT2D eigenvalue weighted by Crippen LogP contribution is 2.14. The Hall–Kier alpha value is -3.54. The molecule has 0 aromatic heterocycles. The summed E-state index contributed by atoms with van der Waals surface area (Å²) >= 11 is 5.97. The van der Waals surface area contributed by atoms with Crippen LogP contribution in [0, 0.1) is 0 Å². The normalized spacial score (nSPS) is 13.1. The van der Waals surface area contributed by atoms with E-state index in [0.29, 0.717) is 37.2 Å². The molecule has 2 aromatic rings. The van der Waals surface area contributed by atoms with E-state index in [9.17, 15) is 14.0 Å². The Balaban J connectivity index is 0.00000361. The molecule has 254 valence electrons. The van der Waals surface area contributed by atoms with E-state index < -0.39 is 17.9 Å². The predicted octanol–water partition coefficient (Wildman–Crippen LogP) is 5.42. The lowest BCUT2D eigenvalue weighted by atomic mass is 10.1. The van der Waals surface area contributed by atoms with Gasteiger partial charge < -0.3 is 9.47 Å². The lowest BCUT2D eigenvalue weighted by Crippen LogP contribution is -2.36. The lowest BCUT2D eigenvalue weighted by Gasteiger charge is -2.24. The van der Waals surface area contributed by atoms with Crippen molar-refractivity contribution in [3.63, 3.8) is 0 Å². The minimum atomic E-state index is -0.593. The van der Waals surface area contributed by atoms with Crippen LogP contribution >= 0.6 is 11.6 Å². The number of halogens is 2. The van der Waals surface area contributed by atoms with E-state index in [1.165, 1.54) is 0 Å². The van der Waals surface area contributed by atoms with Crippen molar-refractivity contribution in [1.82, 2.24) is 20.7 Å². The SMILES string of the molecule is CC.CC(C)(C)OC(=O)CN(CCF)Cc1ccc(C2=NNC(c3ccc(CN(CCCl)CC(=O)OC(C)(C)C)cc3)=NN2)cc1. The first-order valence-electron chi connectivity index (χ1n) is 15.6. The van der Waals surface area contributed by atoms with Gasteiger partial charge in [-0.05, 0) is 52.7 Å². The van der Waals surface area contributed by atoms with Gasteiger partial charge in [0.2, 0.25) is 0 Å². The van der Waals surface area contributed by atoms with Gasteiger partial charge >= 0.3 is 11.9 Å². The van der Waals surface area contributed by atoms with Gasteiger partial charge in [-0.15, -0.1) is 11.6 Å². The highest BCUT2D eigenvalue weighted by Gasteiger charge is 2.21. The van der Waals surface area contributed by atoms with Crippen LogP contribution in [0.15, 0.2) is 58.7 Å². The van der Waals surface area contributed by atoms with Gasteiger partial charge in [0.05, 0.1) is 13.1 Å². The standard InChI is InChI=1S/C32H44ClFN6O4.C2H6/c1-31(2,3)43-27(41)21-39(17-15-33)19-23-7-11-25(12-8-23)29-35-37-30(38-36-29)26-13-9-24(10-14-26)20-40(18-16-34)22-28(42)44-32(4,5)6;1-2/h7-14H,15-22H2,1-6H3,(H,35,36)(H,37,38);1-2H3. The number of amidine groups is 2. The molecule has 12 heteroatoms. The average molecular weight is 661 g/mol. The van der Waals surface area contributed by atoms with E-state index in [4.69, 9.17) is 21.1 Å². The fourth-order valence-electron chi connectivity index (χ4n) is 4.36. The maximum atomic E-state index is 13.1. The number of ether oxygens (including phenoxy) is 2. The number of nitrogens with one attached hydrogen (secondary N) is 2. The van der Waals surface area contributed by atoms with Crippen molar-refractivity contribution < 1.29 is 23.5 Å². The Morgan fingerprint density at radius 1 is 0.717 bits per heavy atom. The summed E-state index contributed by atoms with van der Waals surface area (Å²) in [5.74, 6) is 0.843. The molecular weight excluding hydrogens is 611 g/mol. The number of hydrogen-bond donors (Lipinski definition) is 2. The van der Waals surface area contributed by atoms with Crippen molar-refractivity contribution in [1.29, 1.82) is 0 Å². The molecule has 1 aliphatic heterocycles. The van der Waals surface area contributed by atoms with Gasteiger partial charge in [-0.1, -0.05) is 62.4 Å². The van der Waals surface area contributed by atoms with Crippen LogP contribution in [0.2, 0.25) is 0 Å². The Labute approximate surface area is 278 Å². The van der Waals surface area contributed by atoms with Crippen LogP contribution in [0.1, 0.15) is 77.6 Å². The Kier molecular flexibility index (Phi) is 15.6. The third kappa shape index (κ3) is 14.3. The number of carbonyl (C=O) groups is 2. The van der Waals surface area contributed by atoms with Crippen molar-refractivity contribution in [2.24, 2.45) is 10.2 Å². The summed E-state index contributed by atoms with van der Waals surface area (Å²) in [5, 5.41) is 8.88. The molecule has 0 amide bonds. The highest BCUT2D eigenvalue weighted by atomic mass is 35.5. The third-order valence-electron chi connectivity index (χ3n) is 6.16. The Morgan fingerprint density at radius 3 is 1.39 bits per heavy atom. The molecular formula is C34H50ClFN6O4. The monoisotopic (exact) mass is 660 g/mol. The van der Waals surface area contributed by atoms with Gasteiger partial charge in [0.15, 0.2) is 11.7 Å². The zero-order chi connectivity index (χ0) is 34.3. The lowest BCUT2D eigenvalue weighted by molar-refractivity contribution is -0.157. The molecule has 1 aliphatic rings. The van der Waals surface area contributed by atoms with Crippen molar-refractivity contribution in [3.8, 4) is 0 Å². The van der Waals surface area contributed by atoms with E-state index in [1.807, 2.05) is 88.0 Å². The van der Waals surface area contributed by atoms with Crippen LogP contribution in [-0.2, 0) is 32.2 Å². The summed E-state index contributed by atoms with van der Waals surface area (Å²) in [5.41, 5.74) is 8.47. The van der Waals surface area contributed by atoms with E-state index >= 15 is 0 Å². The Bertz CT molecular complexity index is 1200. The van der Waals surface area contributed by atoms with E-state index in [0.717, 1.165) is 22.3 Å². The number of hydrogen-bond acceptors (Lipinski definition) is 10. The molecule has 0 bridgehead atoms. The van der Waals surface area contributed by atoms with Gasteiger partial charge in [0.1, 0.15) is 17.9 Å². The molecule has 10 nitrogen and oxygen atoms in total. The number of rotatable bonds is 14. The summed E-state index contributed by atoms with van der Waals surface area (Å²) in [6, 6.07) is 15.4. The summed E-state index contributed by atoms with van der Waals surface area (Å²) in [6.45, 7) is 16.2. The molecule has 0 aliphatic carbocycles. The number of carbonyl (C=O) groups excluding carboxylic acids is 2. The van der Waals surface area contributed by atoms with Gasteiger partial charge in [-0.25, -0.2) is 4.39 Å². The van der Waals surface area contributed by atoms with Crippen LogP contribution in [0.25, 0.3) is 0 Å². The smallest absolute Gasteiger partial charge is 0.320 e. The molecule has 0 fully saturated rings. The molecule has 0 saturated heterocycles. The van der Waals surface area contributed by atoms with Crippen LogP contribution in [0.5, 0.6) is 0 Å². The zero-order valence-corrected chi connectivity index (χ0v) is 29.2. The first kappa shape index (κ1) is 38.6. The number of esters is 2. The number of benzene rings is 2. The quantitative estimate of drug-likeness (QED) is 0.204. The van der Waals surface area contributed by atoms with E-state index in [-0.39, 0.29) is 31.6 Å². The first-order chi connectivity index (χ1) is 21.7. The van der Waals surface area contributed by atoms with Gasteiger partial charge in [-0.2, -0.15) is 10.2 Å². The molecule has 0 spiro atoms. The van der Waals surface area contributed by atoms with Crippen molar-refractivity contribution in [3.05, 3.63) is 70.8 Å². The topological polar surface area (TPSA) is 108 Å². The summed E-state index contributed by atoms with van der Waals surface area (Å²) in [4.78, 5) is 28.2. The van der Waals surface area contributed by atoms with Crippen LogP contribution in [-0.4, -0.2) is 83.3 Å². The fraction of sp³-hybridized carbons (Fsp3) is 0.529. The van der Waals surface area contributed by atoms with Crippen molar-refractivity contribution >= 4 is 35.2 Å². The molecule has 0 unspecified atom stereocenters. The second kappa shape index (κ2) is 18.6. The van der Waals surface area contributed by atoms with Crippen LogP contribution < -0.4 is 10.9 Å². The number of hydrazone groups is 2. The average Bonchev–Trinajstić information content (AvgIpc) is 2.97.